The summed E-state index contributed by atoms with van der Waals surface area (Å²) in [6, 6.07) is 18.8. The lowest BCUT2D eigenvalue weighted by Gasteiger charge is -2.51. The normalized spacial score (nSPS) is 25.2. The van der Waals surface area contributed by atoms with Crippen LogP contribution in [0.15, 0.2) is 60.7 Å². The molecule has 2 aromatic carbocycles. The van der Waals surface area contributed by atoms with Crippen molar-refractivity contribution in [2.75, 3.05) is 31.5 Å². The zero-order chi connectivity index (χ0) is 23.5. The molecule has 0 radical (unpaired) electrons. The molecule has 1 N–H and O–H groups in total. The van der Waals surface area contributed by atoms with Crippen molar-refractivity contribution in [3.63, 3.8) is 0 Å². The molecule has 0 amide bonds. The van der Waals surface area contributed by atoms with Crippen molar-refractivity contribution in [3.8, 4) is 0 Å². The van der Waals surface area contributed by atoms with Crippen LogP contribution in [-0.2, 0) is 19.1 Å². The van der Waals surface area contributed by atoms with Gasteiger partial charge in [0.25, 0.3) is 0 Å². The molecule has 3 aliphatic rings. The van der Waals surface area contributed by atoms with Gasteiger partial charge in [-0.15, -0.1) is 0 Å². The van der Waals surface area contributed by atoms with E-state index in [1.54, 1.807) is 0 Å². The smallest absolute Gasteiger partial charge is 0.362 e. The number of benzene rings is 2. The summed E-state index contributed by atoms with van der Waals surface area (Å²) in [5.74, 6) is -0.110. The van der Waals surface area contributed by atoms with E-state index in [1.165, 1.54) is 0 Å². The number of nitrogens with one attached hydrogen (secondary N) is 1. The van der Waals surface area contributed by atoms with Crippen molar-refractivity contribution in [2.45, 2.75) is 51.4 Å². The number of ether oxygens (including phenoxy) is 2. The highest BCUT2D eigenvalue weighted by Gasteiger charge is 2.49. The van der Waals surface area contributed by atoms with Crippen molar-refractivity contribution in [1.29, 1.82) is 0 Å². The van der Waals surface area contributed by atoms with Crippen molar-refractivity contribution in [1.82, 2.24) is 0 Å². The predicted molar refractivity (Wildman–Crippen MR) is 127 cm³/mol. The number of carbonyl (C=O) groups is 2. The second kappa shape index (κ2) is 9.56. The summed E-state index contributed by atoms with van der Waals surface area (Å²) in [4.78, 5) is 26.0. The van der Waals surface area contributed by atoms with Gasteiger partial charge in [-0.2, -0.15) is 0 Å². The lowest BCUT2D eigenvalue weighted by molar-refractivity contribution is -0.939. The first-order valence-electron chi connectivity index (χ1n) is 11.9. The summed E-state index contributed by atoms with van der Waals surface area (Å²) in [7, 11) is 0. The van der Waals surface area contributed by atoms with E-state index in [0.717, 1.165) is 37.2 Å². The van der Waals surface area contributed by atoms with E-state index in [1.807, 2.05) is 81.4 Å². The van der Waals surface area contributed by atoms with Gasteiger partial charge in [-0.3, -0.25) is 0 Å². The second-order valence-electron chi connectivity index (χ2n) is 10.4. The number of nitrogens with zero attached hydrogens (tertiary/aromatic N) is 1. The standard InChI is InChI=1S/C27H35N2O4/c1-27(2,3)33-24(30)19-29-16-14-20(15-17-29)23(18-29)32-26(31)25(21-10-6-4-7-11-21)28-22-12-8-5-9-13-22/h4-13,20,23,25,28H,14-19H2,1-3H3/q+1. The number of hydrogen-bond acceptors (Lipinski definition) is 5. The minimum absolute atomic E-state index is 0.180. The second-order valence-corrected chi connectivity index (χ2v) is 10.4. The summed E-state index contributed by atoms with van der Waals surface area (Å²) in [5, 5.41) is 3.34. The summed E-state index contributed by atoms with van der Waals surface area (Å²) < 4.78 is 12.4. The maximum absolute atomic E-state index is 13.4. The monoisotopic (exact) mass is 451 g/mol. The van der Waals surface area contributed by atoms with Crippen LogP contribution >= 0.6 is 0 Å². The molecule has 6 nitrogen and oxygen atoms in total. The first kappa shape index (κ1) is 23.3. The van der Waals surface area contributed by atoms with Gasteiger partial charge in [-0.05, 0) is 38.5 Å². The first-order valence-corrected chi connectivity index (χ1v) is 11.9. The third-order valence-electron chi connectivity index (χ3n) is 6.65. The molecule has 5 rings (SSSR count). The average molecular weight is 452 g/mol. The van der Waals surface area contributed by atoms with Gasteiger partial charge in [0.05, 0.1) is 13.1 Å². The van der Waals surface area contributed by atoms with Gasteiger partial charge in [0.1, 0.15) is 12.1 Å². The van der Waals surface area contributed by atoms with E-state index < -0.39 is 11.6 Å². The van der Waals surface area contributed by atoms with Crippen LogP contribution in [0.1, 0.15) is 45.2 Å². The molecule has 3 heterocycles. The van der Waals surface area contributed by atoms with E-state index in [9.17, 15) is 9.59 Å². The van der Waals surface area contributed by atoms with Gasteiger partial charge >= 0.3 is 11.9 Å². The van der Waals surface area contributed by atoms with Crippen LogP contribution in [0.25, 0.3) is 0 Å². The van der Waals surface area contributed by atoms with Crippen LogP contribution in [0, 0.1) is 5.92 Å². The minimum Gasteiger partial charge on any atom is -0.456 e. The molecule has 0 aliphatic carbocycles. The lowest BCUT2D eigenvalue weighted by Crippen LogP contribution is -2.66. The summed E-state index contributed by atoms with van der Waals surface area (Å²) in [6.45, 7) is 8.54. The number of piperidine rings is 3. The molecule has 6 heteroatoms. The number of quaternary nitrogens is 1. The molecule has 2 atom stereocenters. The van der Waals surface area contributed by atoms with Crippen LogP contribution in [0.2, 0.25) is 0 Å². The Kier molecular flexibility index (Phi) is 6.75. The Bertz CT molecular complexity index is 947. The summed E-state index contributed by atoms with van der Waals surface area (Å²) >= 11 is 0. The fourth-order valence-corrected chi connectivity index (χ4v) is 5.07. The Balaban J connectivity index is 1.47. The lowest BCUT2D eigenvalue weighted by atomic mass is 9.83. The molecule has 3 fully saturated rings. The molecule has 33 heavy (non-hydrogen) atoms. The van der Waals surface area contributed by atoms with Gasteiger partial charge in [0, 0.05) is 24.4 Å². The molecule has 2 bridgehead atoms. The fourth-order valence-electron chi connectivity index (χ4n) is 5.07. The Morgan fingerprint density at radius 3 is 2.21 bits per heavy atom. The number of fused-ring (bicyclic) bond motifs is 3. The molecule has 3 aliphatic heterocycles. The number of rotatable bonds is 7. The highest BCUT2D eigenvalue weighted by Crippen LogP contribution is 2.36. The third kappa shape index (κ3) is 5.93. The van der Waals surface area contributed by atoms with E-state index in [4.69, 9.17) is 9.47 Å². The average Bonchev–Trinajstić information content (AvgIpc) is 2.78. The van der Waals surface area contributed by atoms with Gasteiger partial charge < -0.3 is 19.3 Å². The van der Waals surface area contributed by atoms with Gasteiger partial charge in [0.2, 0.25) is 0 Å². The Morgan fingerprint density at radius 2 is 1.61 bits per heavy atom. The Labute approximate surface area is 196 Å². The van der Waals surface area contributed by atoms with Crippen LogP contribution in [-0.4, -0.2) is 54.3 Å². The zero-order valence-corrected chi connectivity index (χ0v) is 19.8. The van der Waals surface area contributed by atoms with Crippen molar-refractivity contribution in [3.05, 3.63) is 66.2 Å². The number of esters is 2. The molecular weight excluding hydrogens is 416 g/mol. The van der Waals surface area contributed by atoms with E-state index >= 15 is 0 Å². The highest BCUT2D eigenvalue weighted by atomic mass is 16.6. The number of carbonyl (C=O) groups excluding carboxylic acids is 2. The molecule has 3 saturated heterocycles. The molecule has 176 valence electrons. The van der Waals surface area contributed by atoms with Crippen molar-refractivity contribution in [2.24, 2.45) is 5.92 Å². The summed E-state index contributed by atoms with van der Waals surface area (Å²) in [6.07, 6.45) is 1.73. The largest absolute Gasteiger partial charge is 0.456 e. The predicted octanol–water partition coefficient (Wildman–Crippen LogP) is 4.33. The van der Waals surface area contributed by atoms with Gasteiger partial charge in [-0.1, -0.05) is 48.5 Å². The maximum Gasteiger partial charge on any atom is 0.362 e. The number of anilines is 1. The number of hydrogen-bond donors (Lipinski definition) is 1. The minimum atomic E-state index is -0.594. The summed E-state index contributed by atoms with van der Waals surface area (Å²) in [5.41, 5.74) is 1.23. The van der Waals surface area contributed by atoms with Crippen LogP contribution in [0.3, 0.4) is 0 Å². The van der Waals surface area contributed by atoms with E-state index in [0.29, 0.717) is 23.5 Å². The van der Waals surface area contributed by atoms with Crippen LogP contribution < -0.4 is 5.32 Å². The molecule has 2 unspecified atom stereocenters. The van der Waals surface area contributed by atoms with E-state index in [2.05, 4.69) is 5.32 Å². The third-order valence-corrected chi connectivity index (χ3v) is 6.65. The highest BCUT2D eigenvalue weighted by molar-refractivity contribution is 5.81. The molecule has 0 saturated carbocycles. The number of para-hydroxylation sites is 1. The topological polar surface area (TPSA) is 64.6 Å². The zero-order valence-electron chi connectivity index (χ0n) is 19.8. The van der Waals surface area contributed by atoms with Crippen LogP contribution in [0.5, 0.6) is 0 Å². The Hall–Kier alpha value is -2.86. The van der Waals surface area contributed by atoms with E-state index in [-0.39, 0.29) is 18.0 Å². The maximum atomic E-state index is 13.4. The van der Waals surface area contributed by atoms with Gasteiger partial charge in [0.15, 0.2) is 18.7 Å². The van der Waals surface area contributed by atoms with Gasteiger partial charge in [-0.25, -0.2) is 9.59 Å². The molecule has 2 aromatic rings. The van der Waals surface area contributed by atoms with Crippen LogP contribution in [0.4, 0.5) is 5.69 Å². The SMILES string of the molecule is CC(C)(C)OC(=O)C[N+]12CCC(CC1)C(OC(=O)C(Nc1ccccc1)c1ccccc1)C2. The molecule has 0 spiro atoms. The molecule has 0 aromatic heterocycles. The van der Waals surface area contributed by atoms with Crippen molar-refractivity contribution < 1.29 is 23.5 Å². The van der Waals surface area contributed by atoms with Crippen molar-refractivity contribution >= 4 is 17.6 Å². The first-order chi connectivity index (χ1) is 15.7. The quantitative estimate of drug-likeness (QED) is 0.501. The fraction of sp³-hybridized carbons (Fsp3) is 0.481. The Morgan fingerprint density at radius 1 is 1.00 bits per heavy atom. The molecular formula is C27H35N2O4+.